The van der Waals surface area contributed by atoms with Crippen molar-refractivity contribution in [3.8, 4) is 0 Å². The second-order valence-electron chi connectivity index (χ2n) is 2.34. The van der Waals surface area contributed by atoms with Gasteiger partial charge in [-0.15, -0.1) is 0 Å². The first kappa shape index (κ1) is 9.49. The first-order chi connectivity index (χ1) is 6.06. The molecule has 0 fully saturated rings. The Labute approximate surface area is 73.6 Å². The van der Waals surface area contributed by atoms with Gasteiger partial charge in [-0.1, -0.05) is 0 Å². The van der Waals surface area contributed by atoms with Crippen molar-refractivity contribution < 1.29 is 19.8 Å². The Kier molecular flexibility index (Phi) is 2.49. The number of carboxylic acid groups (broad SMARTS) is 1. The Morgan fingerprint density at radius 3 is 2.85 bits per heavy atom. The van der Waals surface area contributed by atoms with Gasteiger partial charge < -0.3 is 15.5 Å². The summed E-state index contributed by atoms with van der Waals surface area (Å²) >= 11 is 0. The van der Waals surface area contributed by atoms with Crippen LogP contribution in [-0.2, 0) is 4.79 Å². The lowest BCUT2D eigenvalue weighted by molar-refractivity contribution is -0.134. The molecular formula is C6H9N3O4. The van der Waals surface area contributed by atoms with Crippen molar-refractivity contribution in [2.75, 3.05) is 7.05 Å². The summed E-state index contributed by atoms with van der Waals surface area (Å²) in [5.74, 6) is -1.28. The Bertz CT molecular complexity index is 275. The molecule has 0 saturated heterocycles. The van der Waals surface area contributed by atoms with Crippen LogP contribution in [0.1, 0.15) is 0 Å². The number of aliphatic hydroxyl groups is 1. The smallest absolute Gasteiger partial charge is 0.338 e. The van der Waals surface area contributed by atoms with Gasteiger partial charge in [-0.05, 0) is 0 Å². The van der Waals surface area contributed by atoms with Crippen LogP contribution in [-0.4, -0.2) is 40.5 Å². The number of carbonyl (C=O) groups is 2. The lowest BCUT2D eigenvalue weighted by Crippen LogP contribution is -2.53. The predicted octanol–water partition coefficient (Wildman–Crippen LogP) is -1.57. The van der Waals surface area contributed by atoms with Crippen LogP contribution in [0.4, 0.5) is 4.79 Å². The van der Waals surface area contributed by atoms with Gasteiger partial charge in [0.15, 0.2) is 6.23 Å². The minimum absolute atomic E-state index is 0.297. The fraction of sp³-hybridized carbons (Fsp3) is 0.333. The van der Waals surface area contributed by atoms with Crippen molar-refractivity contribution in [2.24, 2.45) is 0 Å². The highest BCUT2D eigenvalue weighted by Crippen LogP contribution is 2.07. The molecule has 13 heavy (non-hydrogen) atoms. The fourth-order valence-corrected chi connectivity index (χ4v) is 0.871. The normalized spacial score (nSPS) is 22.3. The summed E-state index contributed by atoms with van der Waals surface area (Å²) in [7, 11) is 1.45. The number of aliphatic carboxylic acids is 1. The van der Waals surface area contributed by atoms with E-state index >= 15 is 0 Å². The van der Waals surface area contributed by atoms with Crippen molar-refractivity contribution in [1.29, 1.82) is 0 Å². The van der Waals surface area contributed by atoms with E-state index in [-0.39, 0.29) is 5.57 Å². The number of amides is 2. The van der Waals surface area contributed by atoms with E-state index in [1.807, 2.05) is 5.32 Å². The molecule has 72 valence electrons. The zero-order chi connectivity index (χ0) is 10.0. The molecule has 0 aliphatic carbocycles. The number of carbonyl (C=O) groups excluding carboxylic acids is 1. The monoisotopic (exact) mass is 187 g/mol. The van der Waals surface area contributed by atoms with E-state index in [1.165, 1.54) is 7.05 Å². The standard InChI is InChI=1S/C6H9N3O4/c1-7-9-2-3(5(11)12)4(10)8-6(9)13/h2,4,7,10H,1H3,(H,8,13)(H,11,12). The fourth-order valence-electron chi connectivity index (χ4n) is 0.871. The summed E-state index contributed by atoms with van der Waals surface area (Å²) in [6, 6.07) is -0.611. The van der Waals surface area contributed by atoms with Crippen molar-refractivity contribution >= 4 is 12.0 Å². The molecule has 0 saturated carbocycles. The Balaban J connectivity index is 2.93. The number of aliphatic hydroxyl groups excluding tert-OH is 1. The molecule has 2 amide bonds. The molecule has 7 heteroatoms. The van der Waals surface area contributed by atoms with E-state index in [0.717, 1.165) is 11.2 Å². The van der Waals surface area contributed by atoms with Gasteiger partial charge in [0, 0.05) is 13.2 Å². The van der Waals surface area contributed by atoms with E-state index in [2.05, 4.69) is 5.43 Å². The average Bonchev–Trinajstić information content (AvgIpc) is 2.03. The highest BCUT2D eigenvalue weighted by atomic mass is 16.4. The average molecular weight is 187 g/mol. The minimum atomic E-state index is -1.46. The van der Waals surface area contributed by atoms with E-state index < -0.39 is 18.2 Å². The summed E-state index contributed by atoms with van der Waals surface area (Å²) in [5, 5.41) is 20.6. The number of rotatable bonds is 2. The highest BCUT2D eigenvalue weighted by Gasteiger charge is 2.28. The molecule has 1 aliphatic rings. The predicted molar refractivity (Wildman–Crippen MR) is 41.2 cm³/mol. The molecule has 0 aromatic carbocycles. The number of carboxylic acids is 1. The molecule has 0 aromatic heterocycles. The van der Waals surface area contributed by atoms with Crippen molar-refractivity contribution in [1.82, 2.24) is 15.8 Å². The Morgan fingerprint density at radius 2 is 2.38 bits per heavy atom. The van der Waals surface area contributed by atoms with Crippen LogP contribution in [0.15, 0.2) is 11.8 Å². The number of hydrogen-bond acceptors (Lipinski definition) is 4. The van der Waals surface area contributed by atoms with E-state index in [4.69, 9.17) is 10.2 Å². The first-order valence-corrected chi connectivity index (χ1v) is 3.46. The largest absolute Gasteiger partial charge is 0.478 e. The highest BCUT2D eigenvalue weighted by molar-refractivity contribution is 5.91. The number of nitrogens with zero attached hydrogens (tertiary/aromatic N) is 1. The lowest BCUT2D eigenvalue weighted by atomic mass is 10.2. The molecule has 1 rings (SSSR count). The maximum atomic E-state index is 11.0. The summed E-state index contributed by atoms with van der Waals surface area (Å²) in [5.41, 5.74) is 2.13. The maximum absolute atomic E-state index is 11.0. The van der Waals surface area contributed by atoms with Crippen molar-refractivity contribution in [3.05, 3.63) is 11.8 Å². The van der Waals surface area contributed by atoms with E-state index in [1.54, 1.807) is 0 Å². The van der Waals surface area contributed by atoms with Crippen molar-refractivity contribution in [3.63, 3.8) is 0 Å². The van der Waals surface area contributed by atoms with Gasteiger partial charge >= 0.3 is 12.0 Å². The van der Waals surface area contributed by atoms with Crippen LogP contribution in [0, 0.1) is 0 Å². The zero-order valence-corrected chi connectivity index (χ0v) is 6.81. The molecule has 1 unspecified atom stereocenters. The molecule has 0 bridgehead atoms. The topological polar surface area (TPSA) is 102 Å². The summed E-state index contributed by atoms with van der Waals surface area (Å²) in [4.78, 5) is 21.5. The van der Waals surface area contributed by atoms with Gasteiger partial charge in [0.2, 0.25) is 0 Å². The van der Waals surface area contributed by atoms with Gasteiger partial charge in [-0.25, -0.2) is 20.0 Å². The van der Waals surface area contributed by atoms with Crippen LogP contribution in [0.3, 0.4) is 0 Å². The molecule has 1 atom stereocenters. The number of urea groups is 1. The Morgan fingerprint density at radius 1 is 1.77 bits per heavy atom. The molecule has 1 heterocycles. The first-order valence-electron chi connectivity index (χ1n) is 3.46. The van der Waals surface area contributed by atoms with Gasteiger partial charge in [-0.3, -0.25) is 0 Å². The maximum Gasteiger partial charge on any atom is 0.338 e. The van der Waals surface area contributed by atoms with Crippen molar-refractivity contribution in [2.45, 2.75) is 6.23 Å². The molecule has 4 N–H and O–H groups in total. The quantitative estimate of drug-likeness (QED) is 0.418. The second kappa shape index (κ2) is 3.42. The molecular weight excluding hydrogens is 178 g/mol. The lowest BCUT2D eigenvalue weighted by Gasteiger charge is -2.26. The summed E-state index contributed by atoms with van der Waals surface area (Å²) in [6.07, 6.45) is -0.444. The second-order valence-corrected chi connectivity index (χ2v) is 2.34. The zero-order valence-electron chi connectivity index (χ0n) is 6.81. The van der Waals surface area contributed by atoms with Gasteiger partial charge in [0.25, 0.3) is 0 Å². The Hall–Kier alpha value is -1.60. The van der Waals surface area contributed by atoms with Crippen LogP contribution < -0.4 is 10.7 Å². The summed E-state index contributed by atoms with van der Waals surface area (Å²) in [6.45, 7) is 0. The van der Waals surface area contributed by atoms with Gasteiger partial charge in [0.05, 0.1) is 0 Å². The van der Waals surface area contributed by atoms with E-state index in [0.29, 0.717) is 0 Å². The molecule has 0 aromatic rings. The molecule has 7 nitrogen and oxygen atoms in total. The van der Waals surface area contributed by atoms with Crippen LogP contribution in [0.5, 0.6) is 0 Å². The SMILES string of the molecule is CNN1C=C(C(=O)O)C(O)NC1=O. The summed E-state index contributed by atoms with van der Waals surface area (Å²) < 4.78 is 0. The third-order valence-corrected chi connectivity index (χ3v) is 1.53. The minimum Gasteiger partial charge on any atom is -0.478 e. The van der Waals surface area contributed by atoms with Gasteiger partial charge in [-0.2, -0.15) is 0 Å². The van der Waals surface area contributed by atoms with E-state index in [9.17, 15) is 9.59 Å². The van der Waals surface area contributed by atoms with Crippen LogP contribution in [0.2, 0.25) is 0 Å². The van der Waals surface area contributed by atoms with Crippen LogP contribution in [0.25, 0.3) is 0 Å². The number of nitrogens with one attached hydrogen (secondary N) is 2. The van der Waals surface area contributed by atoms with Crippen LogP contribution >= 0.6 is 0 Å². The molecule has 0 spiro atoms. The number of hydrogen-bond donors (Lipinski definition) is 4. The molecule has 0 radical (unpaired) electrons. The third kappa shape index (κ3) is 1.76. The molecule has 1 aliphatic heterocycles. The van der Waals surface area contributed by atoms with Gasteiger partial charge in [0.1, 0.15) is 5.57 Å². The number of hydrazine groups is 1. The third-order valence-electron chi connectivity index (χ3n) is 1.53.